The van der Waals surface area contributed by atoms with E-state index in [1.807, 2.05) is 0 Å². The van der Waals surface area contributed by atoms with Crippen molar-refractivity contribution in [1.82, 2.24) is 9.62 Å². The Balaban J connectivity index is 2.41. The summed E-state index contributed by atoms with van der Waals surface area (Å²) < 4.78 is 102. The molecule has 2 rings (SSSR count). The Bertz CT molecular complexity index is 864. The lowest BCUT2D eigenvalue weighted by Crippen LogP contribution is -2.52. The number of carbonyl (C=O) groups is 1. The van der Waals surface area contributed by atoms with Crippen LogP contribution >= 0.6 is 0 Å². The molecule has 164 valence electrons. The summed E-state index contributed by atoms with van der Waals surface area (Å²) in [6.07, 6.45) is -9.62. The summed E-state index contributed by atoms with van der Waals surface area (Å²) in [7, 11) is -4.19. The van der Waals surface area contributed by atoms with Gasteiger partial charge >= 0.3 is 12.4 Å². The van der Waals surface area contributed by atoms with Gasteiger partial charge in [-0.05, 0) is 50.5 Å². The van der Waals surface area contributed by atoms with E-state index in [9.17, 15) is 39.6 Å². The molecule has 1 unspecified atom stereocenters. The second-order valence-electron chi connectivity index (χ2n) is 7.22. The molecule has 0 bridgehead atoms. The lowest BCUT2D eigenvalue weighted by atomic mass is 9.90. The molecule has 0 saturated carbocycles. The predicted molar refractivity (Wildman–Crippen MR) is 90.4 cm³/mol. The van der Waals surface area contributed by atoms with Crippen molar-refractivity contribution in [2.75, 3.05) is 6.54 Å². The van der Waals surface area contributed by atoms with Crippen LogP contribution in [0.2, 0.25) is 0 Å². The van der Waals surface area contributed by atoms with E-state index >= 15 is 0 Å². The summed E-state index contributed by atoms with van der Waals surface area (Å²) in [5.74, 6) is -0.868. The van der Waals surface area contributed by atoms with Gasteiger partial charge in [-0.1, -0.05) is 0 Å². The number of hydrogen-bond donors (Lipinski definition) is 2. The van der Waals surface area contributed by atoms with Gasteiger partial charge in [0.05, 0.1) is 16.7 Å². The van der Waals surface area contributed by atoms with Gasteiger partial charge in [-0.25, -0.2) is 5.14 Å². The maximum atomic E-state index is 13.1. The van der Waals surface area contributed by atoms with Gasteiger partial charge in [0.25, 0.3) is 10.2 Å². The van der Waals surface area contributed by atoms with Crippen LogP contribution in [0.1, 0.15) is 43.4 Å². The molecule has 0 aromatic heterocycles. The second-order valence-corrected chi connectivity index (χ2v) is 8.72. The van der Waals surface area contributed by atoms with Crippen molar-refractivity contribution in [3.8, 4) is 0 Å². The van der Waals surface area contributed by atoms with Crippen LogP contribution in [0, 0.1) is 0 Å². The van der Waals surface area contributed by atoms with Crippen LogP contribution in [-0.2, 0) is 32.9 Å². The molecule has 1 aromatic rings. The van der Waals surface area contributed by atoms with Crippen LogP contribution in [0.25, 0.3) is 0 Å². The molecule has 0 spiro atoms. The van der Waals surface area contributed by atoms with E-state index in [2.05, 4.69) is 5.32 Å². The molecular formula is C16H19F6N3O3S. The first-order valence-corrected chi connectivity index (χ1v) is 9.85. The average molecular weight is 447 g/mol. The van der Waals surface area contributed by atoms with E-state index < -0.39 is 56.7 Å². The maximum absolute atomic E-state index is 13.1. The highest BCUT2D eigenvalue weighted by molar-refractivity contribution is 7.86. The van der Waals surface area contributed by atoms with Crippen LogP contribution in [0.5, 0.6) is 0 Å². The monoisotopic (exact) mass is 447 g/mol. The highest BCUT2D eigenvalue weighted by Crippen LogP contribution is 2.38. The number of rotatable bonds is 4. The second kappa shape index (κ2) is 7.43. The van der Waals surface area contributed by atoms with Crippen molar-refractivity contribution in [3.63, 3.8) is 0 Å². The molecule has 6 nitrogen and oxygen atoms in total. The van der Waals surface area contributed by atoms with Crippen LogP contribution < -0.4 is 10.5 Å². The lowest BCUT2D eigenvalue weighted by molar-refractivity contribution is -0.143. The lowest BCUT2D eigenvalue weighted by Gasteiger charge is -2.31. The van der Waals surface area contributed by atoms with E-state index in [1.54, 1.807) is 0 Å². The average Bonchev–Trinajstić information content (AvgIpc) is 3.02. The molecule has 0 radical (unpaired) electrons. The van der Waals surface area contributed by atoms with Crippen LogP contribution in [-0.4, -0.2) is 31.2 Å². The van der Waals surface area contributed by atoms with Gasteiger partial charge < -0.3 is 5.32 Å². The zero-order valence-corrected chi connectivity index (χ0v) is 16.2. The van der Waals surface area contributed by atoms with Crippen LogP contribution in [0.4, 0.5) is 26.3 Å². The van der Waals surface area contributed by atoms with E-state index in [-0.39, 0.29) is 19.0 Å². The van der Waals surface area contributed by atoms with Gasteiger partial charge in [-0.3, -0.25) is 4.79 Å². The fourth-order valence-electron chi connectivity index (χ4n) is 3.09. The van der Waals surface area contributed by atoms with Gasteiger partial charge in [0, 0.05) is 6.54 Å². The van der Waals surface area contributed by atoms with E-state index in [1.165, 1.54) is 13.8 Å². The molecule has 3 N–H and O–H groups in total. The fourth-order valence-corrected chi connectivity index (χ4v) is 4.03. The zero-order valence-electron chi connectivity index (χ0n) is 15.4. The number of amides is 1. The summed E-state index contributed by atoms with van der Waals surface area (Å²) >= 11 is 0. The molecule has 13 heteroatoms. The largest absolute Gasteiger partial charge is 0.416 e. The number of alkyl halides is 6. The van der Waals surface area contributed by atoms with Gasteiger partial charge in [-0.15, -0.1) is 0 Å². The standard InChI is InChI=1S/C16H19F6N3O3S/c1-14(2,24-13(26)12-4-3-5-25(12)29(23,27)28)9-6-10(15(17,18)19)8-11(7-9)16(20,21)22/h6-8,12H,3-5H2,1-2H3,(H,24,26)(H2,23,27,28). The maximum Gasteiger partial charge on any atom is 0.416 e. The highest BCUT2D eigenvalue weighted by atomic mass is 32.2. The van der Waals surface area contributed by atoms with Crippen molar-refractivity contribution in [2.24, 2.45) is 5.14 Å². The van der Waals surface area contributed by atoms with Gasteiger partial charge in [0.15, 0.2) is 0 Å². The molecule has 1 fully saturated rings. The summed E-state index contributed by atoms with van der Waals surface area (Å²) in [5, 5.41) is 7.39. The van der Waals surface area contributed by atoms with Crippen molar-refractivity contribution in [2.45, 2.75) is 50.6 Å². The topological polar surface area (TPSA) is 92.5 Å². The van der Waals surface area contributed by atoms with E-state index in [0.717, 1.165) is 4.31 Å². The minimum Gasteiger partial charge on any atom is -0.346 e. The summed E-state index contributed by atoms with van der Waals surface area (Å²) in [6, 6.07) is -0.179. The van der Waals surface area contributed by atoms with Crippen molar-refractivity contribution in [1.29, 1.82) is 0 Å². The smallest absolute Gasteiger partial charge is 0.346 e. The first-order valence-electron chi connectivity index (χ1n) is 8.34. The van der Waals surface area contributed by atoms with Crippen molar-refractivity contribution in [3.05, 3.63) is 34.9 Å². The molecule has 1 aromatic carbocycles. The Morgan fingerprint density at radius 3 is 1.90 bits per heavy atom. The Morgan fingerprint density at radius 1 is 1.03 bits per heavy atom. The van der Waals surface area contributed by atoms with Crippen LogP contribution in [0.15, 0.2) is 18.2 Å². The number of hydrogen-bond acceptors (Lipinski definition) is 3. The normalized spacial score (nSPS) is 19.4. The summed E-state index contributed by atoms with van der Waals surface area (Å²) in [6.45, 7) is 2.42. The Kier molecular flexibility index (Phi) is 6.00. The third kappa shape index (κ3) is 5.39. The third-order valence-electron chi connectivity index (χ3n) is 4.58. The predicted octanol–water partition coefficient (Wildman–Crippen LogP) is 2.74. The van der Waals surface area contributed by atoms with Gasteiger partial charge in [0.2, 0.25) is 5.91 Å². The number of halogens is 6. The fraction of sp³-hybridized carbons (Fsp3) is 0.562. The van der Waals surface area contributed by atoms with Crippen molar-refractivity contribution >= 4 is 16.1 Å². The molecule has 0 aliphatic carbocycles. The molecular weight excluding hydrogens is 428 g/mol. The Labute approximate surface area is 163 Å². The van der Waals surface area contributed by atoms with E-state index in [4.69, 9.17) is 5.14 Å². The summed E-state index contributed by atoms with van der Waals surface area (Å²) in [5.41, 5.74) is -5.13. The quantitative estimate of drug-likeness (QED) is 0.696. The number of nitrogens with zero attached hydrogens (tertiary/aromatic N) is 1. The Morgan fingerprint density at radius 2 is 1.48 bits per heavy atom. The zero-order chi connectivity index (χ0) is 22.4. The molecule has 29 heavy (non-hydrogen) atoms. The Hall–Kier alpha value is -1.86. The molecule has 1 amide bonds. The molecule has 1 atom stereocenters. The first kappa shape index (κ1) is 23.4. The molecule has 1 aliphatic heterocycles. The number of nitrogens with two attached hydrogens (primary N) is 1. The number of benzene rings is 1. The van der Waals surface area contributed by atoms with Crippen molar-refractivity contribution < 1.29 is 39.6 Å². The first-order chi connectivity index (χ1) is 12.9. The van der Waals surface area contributed by atoms with Crippen LogP contribution in [0.3, 0.4) is 0 Å². The highest BCUT2D eigenvalue weighted by Gasteiger charge is 2.41. The SMILES string of the molecule is CC(C)(NC(=O)C1CCCN1S(N)(=O)=O)c1cc(C(F)(F)F)cc(C(F)(F)F)c1. The molecule has 1 saturated heterocycles. The minimum absolute atomic E-state index is 0.0128. The third-order valence-corrected chi connectivity index (χ3v) is 5.67. The van der Waals surface area contributed by atoms with E-state index in [0.29, 0.717) is 18.6 Å². The molecule has 1 heterocycles. The summed E-state index contributed by atoms with van der Waals surface area (Å²) in [4.78, 5) is 12.5. The minimum atomic E-state index is -5.04. The molecule has 1 aliphatic rings. The number of carbonyl (C=O) groups excluding carboxylic acids is 1. The van der Waals surface area contributed by atoms with Gasteiger partial charge in [0.1, 0.15) is 6.04 Å². The number of nitrogens with one attached hydrogen (secondary N) is 1. The van der Waals surface area contributed by atoms with Gasteiger partial charge in [-0.2, -0.15) is 39.1 Å².